The summed E-state index contributed by atoms with van der Waals surface area (Å²) >= 11 is 0. The number of allylic oxidation sites excluding steroid dienone is 2. The molecule has 1 aliphatic heterocycles. The van der Waals surface area contributed by atoms with Crippen molar-refractivity contribution in [3.8, 4) is 17.5 Å². The van der Waals surface area contributed by atoms with Crippen molar-refractivity contribution >= 4 is 15.8 Å². The molecule has 3 rings (SSSR count). The zero-order valence-corrected chi connectivity index (χ0v) is 13.8. The number of hydrogen-bond acceptors (Lipinski definition) is 6. The summed E-state index contributed by atoms with van der Waals surface area (Å²) in [6, 6.07) is 5.89. The van der Waals surface area contributed by atoms with Crippen molar-refractivity contribution in [1.29, 1.82) is 5.26 Å². The minimum atomic E-state index is -1.95. The number of aliphatic hydroxyl groups excluding tert-OH is 1. The molecule has 0 aliphatic carbocycles. The fourth-order valence-corrected chi connectivity index (χ4v) is 4.88. The van der Waals surface area contributed by atoms with Gasteiger partial charge in [0, 0.05) is 36.5 Å². The number of aromatic nitrogens is 3. The van der Waals surface area contributed by atoms with Crippen LogP contribution < -0.4 is 5.14 Å². The first-order valence-electron chi connectivity index (χ1n) is 7.10. The topological polar surface area (TPSA) is 109 Å². The van der Waals surface area contributed by atoms with Crippen molar-refractivity contribution in [2.45, 2.75) is 18.4 Å². The lowest BCUT2D eigenvalue weighted by atomic mass is 10.1. The number of nitrogens with zero attached hydrogens (tertiary/aromatic N) is 4. The van der Waals surface area contributed by atoms with E-state index >= 15 is 0 Å². The van der Waals surface area contributed by atoms with Crippen LogP contribution in [0.25, 0.3) is 17.0 Å². The van der Waals surface area contributed by atoms with Crippen molar-refractivity contribution in [3.05, 3.63) is 40.7 Å². The Morgan fingerprint density at radius 2 is 2.00 bits per heavy atom. The molecule has 1 aliphatic rings. The van der Waals surface area contributed by atoms with Gasteiger partial charge in [0.2, 0.25) is 0 Å². The minimum absolute atomic E-state index is 0.0228. The first kappa shape index (κ1) is 15.6. The van der Waals surface area contributed by atoms with Gasteiger partial charge in [0.25, 0.3) is 0 Å². The fourth-order valence-electron chi connectivity index (χ4n) is 2.79. The Hall–Kier alpha value is -2.27. The Labute approximate surface area is 136 Å². The smallest absolute Gasteiger partial charge is 0.160 e. The maximum Gasteiger partial charge on any atom is 0.160 e. The maximum absolute atomic E-state index is 9.48. The van der Waals surface area contributed by atoms with Crippen LogP contribution in [-0.4, -0.2) is 32.9 Å². The Balaban J connectivity index is 2.28. The molecule has 2 aromatic rings. The zero-order chi connectivity index (χ0) is 16.6. The van der Waals surface area contributed by atoms with Crippen LogP contribution in [0.1, 0.15) is 18.2 Å². The molecule has 1 unspecified atom stereocenters. The van der Waals surface area contributed by atoms with Gasteiger partial charge in [0.15, 0.2) is 5.82 Å². The number of pyridine rings is 1. The van der Waals surface area contributed by atoms with Gasteiger partial charge in [-0.2, -0.15) is 5.26 Å². The largest absolute Gasteiger partial charge is 0.396 e. The van der Waals surface area contributed by atoms with E-state index in [9.17, 15) is 10.4 Å². The van der Waals surface area contributed by atoms with Crippen molar-refractivity contribution in [3.63, 3.8) is 0 Å². The molecule has 0 aromatic carbocycles. The third kappa shape index (κ3) is 2.41. The quantitative estimate of drug-likeness (QED) is 0.835. The molecule has 1 atom stereocenters. The molecule has 0 bridgehead atoms. The average molecular weight is 327 g/mol. The summed E-state index contributed by atoms with van der Waals surface area (Å²) in [6.07, 6.45) is 5.62. The average Bonchev–Trinajstić information content (AvgIpc) is 2.74. The van der Waals surface area contributed by atoms with Crippen LogP contribution >= 0.6 is 10.2 Å². The summed E-state index contributed by atoms with van der Waals surface area (Å²) in [5.74, 6) is 0.547. The molecular weight excluding hydrogens is 310 g/mol. The first-order chi connectivity index (χ1) is 11.0. The second-order valence-corrected chi connectivity index (χ2v) is 8.19. The fraction of sp³-hybridized carbons (Fsp3) is 0.250. The van der Waals surface area contributed by atoms with E-state index in [1.165, 1.54) is 0 Å². The number of fused-ring (bicyclic) bond motifs is 1. The molecule has 2 aromatic heterocycles. The molecule has 0 saturated heterocycles. The van der Waals surface area contributed by atoms with Crippen molar-refractivity contribution in [2.75, 3.05) is 12.9 Å². The third-order valence-corrected chi connectivity index (χ3v) is 6.22. The van der Waals surface area contributed by atoms with Crippen LogP contribution in [0.15, 0.2) is 34.5 Å². The number of nitrogens with two attached hydrogens (primary N) is 1. The highest BCUT2D eigenvalue weighted by Crippen LogP contribution is 2.61. The van der Waals surface area contributed by atoms with Crippen LogP contribution in [0, 0.1) is 11.3 Å². The number of hydrogen-bond donors (Lipinski definition) is 2. The highest BCUT2D eigenvalue weighted by molar-refractivity contribution is 8.35. The van der Waals surface area contributed by atoms with Gasteiger partial charge in [-0.15, -0.1) is 10.2 Å². The normalized spacial score (nSPS) is 22.4. The number of aliphatic hydroxyl groups is 1. The minimum Gasteiger partial charge on any atom is -0.396 e. The van der Waals surface area contributed by atoms with Gasteiger partial charge in [-0.05, 0) is 30.9 Å². The Kier molecular flexibility index (Phi) is 3.90. The van der Waals surface area contributed by atoms with E-state index < -0.39 is 10.2 Å². The highest BCUT2D eigenvalue weighted by atomic mass is 32.3. The van der Waals surface area contributed by atoms with E-state index in [2.05, 4.69) is 21.0 Å². The maximum atomic E-state index is 9.48. The van der Waals surface area contributed by atoms with E-state index in [1.807, 2.05) is 25.3 Å². The molecule has 0 spiro atoms. The van der Waals surface area contributed by atoms with E-state index in [0.29, 0.717) is 17.2 Å². The van der Waals surface area contributed by atoms with E-state index in [0.717, 1.165) is 27.4 Å². The summed E-state index contributed by atoms with van der Waals surface area (Å²) in [5.41, 5.74) is 3.22. The Bertz CT molecular complexity index is 840. The molecule has 0 radical (unpaired) electrons. The van der Waals surface area contributed by atoms with Crippen LogP contribution in [-0.2, 0) is 6.42 Å². The second kappa shape index (κ2) is 5.74. The number of rotatable bonds is 3. The molecule has 0 saturated carbocycles. The molecule has 3 N–H and O–H groups in total. The lowest BCUT2D eigenvalue weighted by Crippen LogP contribution is -2.12. The predicted octanol–water partition coefficient (Wildman–Crippen LogP) is 2.01. The standard InChI is InChI=1S/C16H17N5OS/c1-10-13(9-17)23(2,18)16-14(10)12(5-8-22)20-15(21-16)11-3-6-19-7-4-11/h3-4,6-7,22H,5,8,18H2,1-2H3. The van der Waals surface area contributed by atoms with Gasteiger partial charge in [0.05, 0.1) is 10.6 Å². The van der Waals surface area contributed by atoms with Crippen LogP contribution in [0.2, 0.25) is 0 Å². The summed E-state index contributed by atoms with van der Waals surface area (Å²) in [7, 11) is -1.95. The first-order valence-corrected chi connectivity index (χ1v) is 9.20. The van der Waals surface area contributed by atoms with E-state index in [1.54, 1.807) is 12.4 Å². The van der Waals surface area contributed by atoms with Crippen molar-refractivity contribution < 1.29 is 5.11 Å². The van der Waals surface area contributed by atoms with E-state index in [-0.39, 0.29) is 6.61 Å². The number of nitriles is 1. The summed E-state index contributed by atoms with van der Waals surface area (Å²) < 4.78 is 0. The third-order valence-electron chi connectivity index (χ3n) is 3.88. The lowest BCUT2D eigenvalue weighted by Gasteiger charge is -2.26. The molecule has 23 heavy (non-hydrogen) atoms. The molecule has 7 heteroatoms. The van der Waals surface area contributed by atoms with Crippen molar-refractivity contribution in [2.24, 2.45) is 5.14 Å². The highest BCUT2D eigenvalue weighted by Gasteiger charge is 2.37. The Morgan fingerprint density at radius 3 is 2.61 bits per heavy atom. The lowest BCUT2D eigenvalue weighted by molar-refractivity contribution is 0.298. The molecular formula is C16H17N5OS. The summed E-state index contributed by atoms with van der Waals surface area (Å²) in [6.45, 7) is 1.85. The van der Waals surface area contributed by atoms with Gasteiger partial charge < -0.3 is 5.11 Å². The van der Waals surface area contributed by atoms with Gasteiger partial charge >= 0.3 is 0 Å². The predicted molar refractivity (Wildman–Crippen MR) is 90.2 cm³/mol. The van der Waals surface area contributed by atoms with Gasteiger partial charge in [-0.25, -0.2) is 9.97 Å². The molecule has 118 valence electrons. The zero-order valence-electron chi connectivity index (χ0n) is 12.9. The van der Waals surface area contributed by atoms with Crippen LogP contribution in [0.5, 0.6) is 0 Å². The Morgan fingerprint density at radius 1 is 1.30 bits per heavy atom. The van der Waals surface area contributed by atoms with Gasteiger partial charge in [-0.1, -0.05) is 0 Å². The van der Waals surface area contributed by atoms with E-state index in [4.69, 9.17) is 5.14 Å². The second-order valence-electron chi connectivity index (χ2n) is 5.43. The summed E-state index contributed by atoms with van der Waals surface area (Å²) in [5, 5.41) is 26.1. The SMILES string of the molecule is CC1=C(C#N)S(C)(N)c2nc(-c3ccncc3)nc(CCO)c21. The van der Waals surface area contributed by atoms with Gasteiger partial charge in [0.1, 0.15) is 11.1 Å². The monoisotopic (exact) mass is 327 g/mol. The van der Waals surface area contributed by atoms with Crippen molar-refractivity contribution in [1.82, 2.24) is 15.0 Å². The summed E-state index contributed by atoms with van der Waals surface area (Å²) in [4.78, 5) is 13.8. The molecule has 6 nitrogen and oxygen atoms in total. The van der Waals surface area contributed by atoms with Gasteiger partial charge in [-0.3, -0.25) is 10.1 Å². The molecule has 3 heterocycles. The van der Waals surface area contributed by atoms with Crippen LogP contribution in [0.3, 0.4) is 0 Å². The van der Waals surface area contributed by atoms with Crippen LogP contribution in [0.4, 0.5) is 0 Å². The molecule has 0 fully saturated rings. The molecule has 0 amide bonds.